The third-order valence-corrected chi connectivity index (χ3v) is 8.24. The van der Waals surface area contributed by atoms with Gasteiger partial charge in [0.1, 0.15) is 11.9 Å². The molecule has 0 spiro atoms. The molecule has 0 amide bonds. The van der Waals surface area contributed by atoms with Crippen molar-refractivity contribution in [2.45, 2.75) is 31.8 Å². The van der Waals surface area contributed by atoms with Crippen molar-refractivity contribution in [3.05, 3.63) is 107 Å². The maximum absolute atomic E-state index is 13.7. The average Bonchev–Trinajstić information content (AvgIpc) is 3.54. The van der Waals surface area contributed by atoms with E-state index in [9.17, 15) is 4.39 Å². The molecule has 0 aliphatic carbocycles. The number of hydrogen-bond donors (Lipinski definition) is 1. The van der Waals surface area contributed by atoms with Crippen LogP contribution in [0.3, 0.4) is 0 Å². The van der Waals surface area contributed by atoms with Crippen molar-refractivity contribution < 1.29 is 4.39 Å². The molecule has 2 saturated heterocycles. The minimum absolute atomic E-state index is 0.195. The summed E-state index contributed by atoms with van der Waals surface area (Å²) in [6, 6.07) is 22.3. The van der Waals surface area contributed by atoms with Gasteiger partial charge in [0.15, 0.2) is 5.11 Å². The van der Waals surface area contributed by atoms with E-state index in [1.165, 1.54) is 25.0 Å². The second kappa shape index (κ2) is 10.4. The smallest absolute Gasteiger partial charge is 0.174 e. The fourth-order valence-corrected chi connectivity index (χ4v) is 6.20. The third-order valence-electron chi connectivity index (χ3n) is 7.62. The second-order valence-corrected chi connectivity index (χ2v) is 10.9. The number of anilines is 2. The molecule has 5 nitrogen and oxygen atoms in total. The Hall–Kier alpha value is -3.42. The van der Waals surface area contributed by atoms with Crippen LogP contribution in [0.5, 0.6) is 0 Å². The van der Waals surface area contributed by atoms with E-state index in [2.05, 4.69) is 49.8 Å². The molecule has 0 unspecified atom stereocenters. The fourth-order valence-electron chi connectivity index (χ4n) is 5.56. The Labute approximate surface area is 232 Å². The molecule has 38 heavy (non-hydrogen) atoms. The van der Waals surface area contributed by atoms with Gasteiger partial charge in [0, 0.05) is 42.6 Å². The van der Waals surface area contributed by atoms with Crippen molar-refractivity contribution in [3.63, 3.8) is 0 Å². The van der Waals surface area contributed by atoms with Gasteiger partial charge in [-0.1, -0.05) is 24.6 Å². The van der Waals surface area contributed by atoms with Crippen LogP contribution in [-0.4, -0.2) is 27.8 Å². The highest BCUT2D eigenvalue weighted by atomic mass is 35.5. The molecule has 194 valence electrons. The number of halogens is 2. The van der Waals surface area contributed by atoms with Crippen LogP contribution in [0.1, 0.15) is 43.2 Å². The van der Waals surface area contributed by atoms with Crippen molar-refractivity contribution in [2.75, 3.05) is 22.9 Å². The number of piperidine rings is 1. The molecular weight excluding hydrogens is 517 g/mol. The third kappa shape index (κ3) is 4.65. The van der Waals surface area contributed by atoms with Crippen LogP contribution in [0.2, 0.25) is 5.02 Å². The van der Waals surface area contributed by atoms with Gasteiger partial charge in [-0.2, -0.15) is 0 Å². The van der Waals surface area contributed by atoms with Gasteiger partial charge in [0.2, 0.25) is 0 Å². The summed E-state index contributed by atoms with van der Waals surface area (Å²) in [5.41, 5.74) is 4.74. The van der Waals surface area contributed by atoms with Crippen LogP contribution < -0.4 is 15.1 Å². The highest BCUT2D eigenvalue weighted by Crippen LogP contribution is 2.44. The zero-order chi connectivity index (χ0) is 26.2. The Morgan fingerprint density at radius 3 is 2.45 bits per heavy atom. The molecule has 0 radical (unpaired) electrons. The van der Waals surface area contributed by atoms with Gasteiger partial charge in [-0.3, -0.25) is 4.98 Å². The predicted molar refractivity (Wildman–Crippen MR) is 156 cm³/mol. The summed E-state index contributed by atoms with van der Waals surface area (Å²) in [6.45, 7) is 4.34. The second-order valence-electron chi connectivity index (χ2n) is 10.1. The molecule has 2 aliphatic rings. The molecule has 2 aromatic carbocycles. The van der Waals surface area contributed by atoms with E-state index < -0.39 is 0 Å². The molecule has 4 aromatic rings. The zero-order valence-corrected chi connectivity index (χ0v) is 22.7. The summed E-state index contributed by atoms with van der Waals surface area (Å²) in [7, 11) is 0. The lowest BCUT2D eigenvalue weighted by atomic mass is 9.98. The minimum atomic E-state index is -0.267. The lowest BCUT2D eigenvalue weighted by Crippen LogP contribution is -2.33. The summed E-state index contributed by atoms with van der Waals surface area (Å²) >= 11 is 12.8. The van der Waals surface area contributed by atoms with Gasteiger partial charge in [-0.15, -0.1) is 0 Å². The Kier molecular flexibility index (Phi) is 6.80. The van der Waals surface area contributed by atoms with Gasteiger partial charge in [-0.25, -0.2) is 4.39 Å². The summed E-state index contributed by atoms with van der Waals surface area (Å²) in [4.78, 5) is 9.15. The van der Waals surface area contributed by atoms with E-state index in [4.69, 9.17) is 23.8 Å². The maximum atomic E-state index is 13.7. The van der Waals surface area contributed by atoms with Gasteiger partial charge >= 0.3 is 0 Å². The molecular formula is C30H29ClFN5S. The van der Waals surface area contributed by atoms with Crippen molar-refractivity contribution in [2.24, 2.45) is 5.92 Å². The maximum Gasteiger partial charge on any atom is 0.174 e. The molecule has 2 fully saturated rings. The molecule has 1 N–H and O–H groups in total. The lowest BCUT2D eigenvalue weighted by Gasteiger charge is -2.33. The number of benzene rings is 2. The molecule has 2 atom stereocenters. The number of rotatable bonds is 5. The highest BCUT2D eigenvalue weighted by molar-refractivity contribution is 7.80. The van der Waals surface area contributed by atoms with E-state index in [-0.39, 0.29) is 17.9 Å². The highest BCUT2D eigenvalue weighted by Gasteiger charge is 2.42. The van der Waals surface area contributed by atoms with E-state index in [1.54, 1.807) is 18.3 Å². The molecule has 6 rings (SSSR count). The summed E-state index contributed by atoms with van der Waals surface area (Å²) in [5, 5.41) is 4.84. The number of nitrogens with zero attached hydrogens (tertiary/aromatic N) is 4. The first kappa shape index (κ1) is 24.9. The molecule has 2 aliphatic heterocycles. The van der Waals surface area contributed by atoms with Gasteiger partial charge in [-0.05, 0) is 97.7 Å². The minimum Gasteiger partial charge on any atom is -0.370 e. The first-order valence-electron chi connectivity index (χ1n) is 13.0. The number of thiocarbonyl (C=S) groups is 1. The molecule has 0 saturated carbocycles. The quantitative estimate of drug-likeness (QED) is 0.271. The zero-order valence-electron chi connectivity index (χ0n) is 21.1. The van der Waals surface area contributed by atoms with Crippen molar-refractivity contribution in [3.8, 4) is 5.69 Å². The average molecular weight is 546 g/mol. The number of nitrogens with one attached hydrogen (secondary N) is 1. The molecule has 4 heterocycles. The monoisotopic (exact) mass is 545 g/mol. The van der Waals surface area contributed by atoms with Crippen molar-refractivity contribution in [1.29, 1.82) is 0 Å². The van der Waals surface area contributed by atoms with E-state index in [0.29, 0.717) is 10.1 Å². The fraction of sp³-hybridized carbons (Fsp3) is 0.267. The van der Waals surface area contributed by atoms with Gasteiger partial charge in [0.05, 0.1) is 22.4 Å². The van der Waals surface area contributed by atoms with Crippen LogP contribution >= 0.6 is 23.8 Å². The lowest BCUT2D eigenvalue weighted by molar-refractivity contribution is 0.438. The number of hydrogen-bond acceptors (Lipinski definition) is 3. The van der Waals surface area contributed by atoms with Gasteiger partial charge in [0.25, 0.3) is 0 Å². The Balaban J connectivity index is 1.42. The predicted octanol–water partition coefficient (Wildman–Crippen LogP) is 7.08. The van der Waals surface area contributed by atoms with Crippen LogP contribution in [0, 0.1) is 11.7 Å². The number of aromatic nitrogens is 2. The van der Waals surface area contributed by atoms with Crippen molar-refractivity contribution in [1.82, 2.24) is 14.9 Å². The van der Waals surface area contributed by atoms with Crippen molar-refractivity contribution >= 4 is 40.3 Å². The SMILES string of the molecule is CC1CCN(c2ccc(N3C(=S)N[C@@H](c4ccccn4)[C@@H]3c3cccn3-c3ccc(F)cc3)cc2Cl)CC1. The summed E-state index contributed by atoms with van der Waals surface area (Å²) in [6.07, 6.45) is 6.13. The van der Waals surface area contributed by atoms with E-state index in [0.717, 1.165) is 47.5 Å². The normalized spacial score (nSPS) is 20.1. The molecule has 0 bridgehead atoms. The first-order chi connectivity index (χ1) is 18.5. The van der Waals surface area contributed by atoms with Crippen LogP contribution in [0.15, 0.2) is 85.2 Å². The number of pyridine rings is 1. The molecule has 8 heteroatoms. The first-order valence-corrected chi connectivity index (χ1v) is 13.8. The van der Waals surface area contributed by atoms with E-state index >= 15 is 0 Å². The van der Waals surface area contributed by atoms with Crippen LogP contribution in [0.4, 0.5) is 15.8 Å². The van der Waals surface area contributed by atoms with Gasteiger partial charge < -0.3 is 19.7 Å². The standard InChI is InChI=1S/C30H29ClFN5S/c1-20-13-17-35(18-14-20)26-12-11-23(19-24(26)31)37-29(28(34-30(37)38)25-5-2-3-15-33-25)27-6-4-16-36(27)22-9-7-21(32)8-10-22/h2-12,15-16,19-20,28-29H,13-14,17-18H2,1H3,(H,34,38)/t28-,29-/m0/s1. The summed E-state index contributed by atoms with van der Waals surface area (Å²) in [5.74, 6) is 0.482. The van der Waals surface area contributed by atoms with Crippen LogP contribution in [-0.2, 0) is 0 Å². The Bertz CT molecular complexity index is 1430. The Morgan fingerprint density at radius 1 is 0.974 bits per heavy atom. The molecule has 2 aromatic heterocycles. The largest absolute Gasteiger partial charge is 0.370 e. The van der Waals surface area contributed by atoms with E-state index in [1.807, 2.05) is 36.5 Å². The van der Waals surface area contributed by atoms with Crippen LogP contribution in [0.25, 0.3) is 5.69 Å². The summed E-state index contributed by atoms with van der Waals surface area (Å²) < 4.78 is 15.8. The Morgan fingerprint density at radius 2 is 1.74 bits per heavy atom. The topological polar surface area (TPSA) is 36.3 Å².